The van der Waals surface area contributed by atoms with E-state index in [4.69, 9.17) is 21.1 Å². The molecule has 7 nitrogen and oxygen atoms in total. The second-order valence-corrected chi connectivity index (χ2v) is 9.37. The molecule has 12 heteroatoms. The second-order valence-electron chi connectivity index (χ2n) is 7.98. The van der Waals surface area contributed by atoms with Gasteiger partial charge in [0.1, 0.15) is 12.5 Å². The van der Waals surface area contributed by atoms with Gasteiger partial charge in [0.05, 0.1) is 18.0 Å². The quantitative estimate of drug-likeness (QED) is 0.363. The summed E-state index contributed by atoms with van der Waals surface area (Å²) in [6.45, 7) is 0.157. The molecule has 3 atom stereocenters. The lowest BCUT2D eigenvalue weighted by atomic mass is 9.78. The van der Waals surface area contributed by atoms with Gasteiger partial charge in [-0.1, -0.05) is 35.9 Å². The molecular formula is C24H20ClF3N2O5S. The number of carbonyl (C=O) groups excluding carboxylic acids is 2. The third-order valence-electron chi connectivity index (χ3n) is 5.71. The maximum Gasteiger partial charge on any atom is 0.437 e. The van der Waals surface area contributed by atoms with E-state index in [1.54, 1.807) is 24.3 Å². The number of hydrogen-bond acceptors (Lipinski definition) is 6. The highest BCUT2D eigenvalue weighted by Crippen LogP contribution is 2.45. The van der Waals surface area contributed by atoms with Gasteiger partial charge in [0.25, 0.3) is 0 Å². The highest BCUT2D eigenvalue weighted by molar-refractivity contribution is 7.12. The third kappa shape index (κ3) is 4.99. The minimum Gasteiger partial charge on any atom is -0.493 e. The van der Waals surface area contributed by atoms with Gasteiger partial charge in [-0.25, -0.2) is 4.79 Å². The molecule has 0 radical (unpaired) electrons. The van der Waals surface area contributed by atoms with E-state index >= 15 is 0 Å². The molecule has 3 N–H and O–H groups in total. The van der Waals surface area contributed by atoms with Crippen LogP contribution in [0.15, 0.2) is 60.0 Å². The van der Waals surface area contributed by atoms with E-state index in [0.29, 0.717) is 5.02 Å². The van der Waals surface area contributed by atoms with Crippen LogP contribution in [0.2, 0.25) is 5.02 Å². The first-order valence-electron chi connectivity index (χ1n) is 10.5. The number of alkyl halides is 3. The van der Waals surface area contributed by atoms with Gasteiger partial charge >= 0.3 is 12.2 Å². The van der Waals surface area contributed by atoms with E-state index in [2.05, 4.69) is 5.32 Å². The molecule has 1 aliphatic heterocycles. The minimum atomic E-state index is -5.34. The number of ketones is 1. The standard InChI is InChI=1S/C24H20ClF3N2O5S/c1-34-17-11-14(6-9-16(17)35-12-13-4-7-15(25)8-5-13)20-19(21(31)18-3-2-10-36-18)23(33,24(26,27)28)30-22(32)29-20/h2-11,19-20,33H,12H2,1H3,(H2,29,30,32)/t19-,20-,23-/m0/s1. The van der Waals surface area contributed by atoms with Crippen LogP contribution in [0.3, 0.4) is 0 Å². The van der Waals surface area contributed by atoms with E-state index in [1.165, 1.54) is 48.1 Å². The summed E-state index contributed by atoms with van der Waals surface area (Å²) in [6, 6.07) is 11.2. The van der Waals surface area contributed by atoms with Crippen molar-refractivity contribution in [1.29, 1.82) is 0 Å². The average Bonchev–Trinajstić information content (AvgIpc) is 3.37. The second kappa shape index (κ2) is 10.00. The maximum absolute atomic E-state index is 14.0. The number of urea groups is 1. The van der Waals surface area contributed by atoms with Gasteiger partial charge < -0.3 is 25.2 Å². The van der Waals surface area contributed by atoms with Crippen molar-refractivity contribution in [2.45, 2.75) is 24.6 Å². The number of rotatable bonds is 7. The number of nitrogens with one attached hydrogen (secondary N) is 2. The predicted molar refractivity (Wildman–Crippen MR) is 126 cm³/mol. The van der Waals surface area contributed by atoms with Gasteiger partial charge in [-0.15, -0.1) is 11.3 Å². The normalized spacial score (nSPS) is 21.9. The summed E-state index contributed by atoms with van der Waals surface area (Å²) < 4.78 is 53.3. The number of carbonyl (C=O) groups is 2. The Morgan fingerprint density at radius 3 is 2.50 bits per heavy atom. The number of halogens is 4. The number of benzene rings is 2. The minimum absolute atomic E-state index is 0.000469. The maximum atomic E-state index is 14.0. The van der Waals surface area contributed by atoms with Gasteiger partial charge in [0.15, 0.2) is 17.3 Å². The molecule has 190 valence electrons. The molecule has 36 heavy (non-hydrogen) atoms. The fourth-order valence-corrected chi connectivity index (χ4v) is 4.76. The Morgan fingerprint density at radius 2 is 1.89 bits per heavy atom. The van der Waals surface area contributed by atoms with Crippen LogP contribution in [0, 0.1) is 5.92 Å². The summed E-state index contributed by atoms with van der Waals surface area (Å²) in [4.78, 5) is 25.4. The van der Waals surface area contributed by atoms with Crippen LogP contribution in [-0.4, -0.2) is 35.9 Å². The summed E-state index contributed by atoms with van der Waals surface area (Å²) in [5.41, 5.74) is -2.89. The van der Waals surface area contributed by atoms with Crippen LogP contribution in [-0.2, 0) is 6.61 Å². The lowest BCUT2D eigenvalue weighted by molar-refractivity contribution is -0.287. The van der Waals surface area contributed by atoms with Crippen molar-refractivity contribution in [2.75, 3.05) is 7.11 Å². The first kappa shape index (κ1) is 25.8. The Labute approximate surface area is 212 Å². The van der Waals surface area contributed by atoms with Crippen LogP contribution < -0.4 is 20.1 Å². The largest absolute Gasteiger partial charge is 0.493 e. The van der Waals surface area contributed by atoms with E-state index < -0.39 is 35.7 Å². The van der Waals surface area contributed by atoms with E-state index in [-0.39, 0.29) is 28.5 Å². The molecule has 1 fully saturated rings. The number of ether oxygens (including phenoxy) is 2. The molecule has 2 aromatic carbocycles. The fourth-order valence-electron chi connectivity index (χ4n) is 3.93. The van der Waals surface area contributed by atoms with Crippen molar-refractivity contribution in [3.8, 4) is 11.5 Å². The molecular weight excluding hydrogens is 521 g/mol. The Hall–Kier alpha value is -3.28. The summed E-state index contributed by atoms with van der Waals surface area (Å²) in [7, 11) is 1.34. The van der Waals surface area contributed by atoms with Crippen LogP contribution in [0.4, 0.5) is 18.0 Å². The molecule has 0 aliphatic carbocycles. The third-order valence-corrected chi connectivity index (χ3v) is 6.84. The average molecular weight is 541 g/mol. The monoisotopic (exact) mass is 540 g/mol. The summed E-state index contributed by atoms with van der Waals surface area (Å²) >= 11 is 6.81. The lowest BCUT2D eigenvalue weighted by Gasteiger charge is -2.44. The van der Waals surface area contributed by atoms with Crippen LogP contribution in [0.1, 0.15) is 26.8 Å². The summed E-state index contributed by atoms with van der Waals surface area (Å²) in [5.74, 6) is -2.67. The van der Waals surface area contributed by atoms with Crippen molar-refractivity contribution < 1.29 is 37.3 Å². The van der Waals surface area contributed by atoms with E-state index in [1.807, 2.05) is 0 Å². The molecule has 2 heterocycles. The first-order chi connectivity index (χ1) is 17.0. The number of hydrogen-bond donors (Lipinski definition) is 3. The number of Topliss-reactive ketones (excluding diaryl/α,β-unsaturated/α-hetero) is 1. The topological polar surface area (TPSA) is 96.9 Å². The molecule has 0 unspecified atom stereocenters. The zero-order chi connectivity index (χ0) is 26.1. The van der Waals surface area contributed by atoms with Crippen molar-refractivity contribution in [3.05, 3.63) is 81.0 Å². The van der Waals surface area contributed by atoms with E-state index in [0.717, 1.165) is 16.9 Å². The number of thiophene rings is 1. The Morgan fingerprint density at radius 1 is 1.17 bits per heavy atom. The zero-order valence-electron chi connectivity index (χ0n) is 18.6. The van der Waals surface area contributed by atoms with Crippen molar-refractivity contribution in [2.24, 2.45) is 5.92 Å². The highest BCUT2D eigenvalue weighted by Gasteiger charge is 2.66. The van der Waals surface area contributed by atoms with Gasteiger partial charge in [-0.3, -0.25) is 4.79 Å². The van der Waals surface area contributed by atoms with Crippen LogP contribution in [0.5, 0.6) is 11.5 Å². The van der Waals surface area contributed by atoms with Crippen molar-refractivity contribution >= 4 is 34.8 Å². The molecule has 2 amide bonds. The van der Waals surface area contributed by atoms with Gasteiger partial charge in [0.2, 0.25) is 5.72 Å². The Bertz CT molecular complexity index is 1250. The SMILES string of the molecule is COc1cc([C@@H]2NC(=O)N[C@@](O)(C(F)(F)F)[C@@H]2C(=O)c2cccs2)ccc1OCc1ccc(Cl)cc1. The molecule has 0 saturated carbocycles. The molecule has 1 aromatic heterocycles. The molecule has 1 aliphatic rings. The summed E-state index contributed by atoms with van der Waals surface area (Å²) in [5, 5.41) is 16.6. The number of amides is 2. The first-order valence-corrected chi connectivity index (χ1v) is 11.8. The zero-order valence-corrected chi connectivity index (χ0v) is 20.2. The highest BCUT2D eigenvalue weighted by atomic mass is 35.5. The van der Waals surface area contributed by atoms with Crippen molar-refractivity contribution in [3.63, 3.8) is 0 Å². The van der Waals surface area contributed by atoms with E-state index in [9.17, 15) is 27.9 Å². The fraction of sp³-hybridized carbons (Fsp3) is 0.250. The van der Waals surface area contributed by atoms with Crippen LogP contribution in [0.25, 0.3) is 0 Å². The molecule has 0 spiro atoms. The molecule has 0 bridgehead atoms. The molecule has 1 saturated heterocycles. The molecule has 3 aromatic rings. The van der Waals surface area contributed by atoms with Gasteiger partial charge in [-0.05, 0) is 46.8 Å². The number of aliphatic hydroxyl groups is 1. The Balaban J connectivity index is 1.70. The van der Waals surface area contributed by atoms with Crippen LogP contribution >= 0.6 is 22.9 Å². The smallest absolute Gasteiger partial charge is 0.437 e. The Kier molecular flexibility index (Phi) is 7.17. The predicted octanol–water partition coefficient (Wildman–Crippen LogP) is 5.09. The number of methoxy groups -OCH3 is 1. The molecule has 4 rings (SSSR count). The van der Waals surface area contributed by atoms with Gasteiger partial charge in [-0.2, -0.15) is 13.2 Å². The van der Waals surface area contributed by atoms with Gasteiger partial charge in [0, 0.05) is 5.02 Å². The summed E-state index contributed by atoms with van der Waals surface area (Å²) in [6.07, 6.45) is -5.34. The van der Waals surface area contributed by atoms with Crippen molar-refractivity contribution in [1.82, 2.24) is 10.6 Å². The lowest BCUT2D eigenvalue weighted by Crippen LogP contribution is -2.72.